The molecule has 0 aliphatic rings. The zero-order chi connectivity index (χ0) is 33.8. The molecule has 0 saturated heterocycles. The highest BCUT2D eigenvalue weighted by Gasteiger charge is 2.24. The van der Waals surface area contributed by atoms with E-state index in [-0.39, 0.29) is 45.8 Å². The third kappa shape index (κ3) is 19.1. The van der Waals surface area contributed by atoms with E-state index < -0.39 is 21.2 Å². The van der Waals surface area contributed by atoms with E-state index >= 15 is 0 Å². The Bertz CT molecular complexity index is 1080. The summed E-state index contributed by atoms with van der Waals surface area (Å²) in [4.78, 5) is 20.9. The lowest BCUT2D eigenvalue weighted by Gasteiger charge is -2.09. The molecule has 47 heavy (non-hydrogen) atoms. The fourth-order valence-corrected chi connectivity index (χ4v) is 3.51. The number of rotatable bonds is 32. The molecule has 1 aromatic carbocycles. The minimum absolute atomic E-state index is 0.0528. The summed E-state index contributed by atoms with van der Waals surface area (Å²) in [6.45, 7) is 6.06. The second-order valence-electron chi connectivity index (χ2n) is 9.16. The van der Waals surface area contributed by atoms with Crippen LogP contribution < -0.4 is 5.32 Å². The highest BCUT2D eigenvalue weighted by atomic mass is 16.8. The number of benzene rings is 1. The van der Waals surface area contributed by atoms with Crippen molar-refractivity contribution in [3.8, 4) is 0 Å². The molecule has 0 bridgehead atoms. The Morgan fingerprint density at radius 1 is 0.681 bits per heavy atom. The number of aromatic nitrogens is 3. The quantitative estimate of drug-likeness (QED) is 0.0500. The number of methoxy groups -OCH3 is 1. The molecule has 0 amide bonds. The molecule has 1 N–H and O–H groups in total. The Balaban J connectivity index is 1.36. The molecule has 0 saturated carbocycles. The molecule has 0 unspecified atom stereocenters. The van der Waals surface area contributed by atoms with Crippen LogP contribution in [0.25, 0.3) is 0 Å². The highest BCUT2D eigenvalue weighted by molar-refractivity contribution is 5.73. The van der Waals surface area contributed by atoms with Gasteiger partial charge in [-0.05, 0) is 6.07 Å². The summed E-state index contributed by atoms with van der Waals surface area (Å²) in [6.07, 6.45) is 1.74. The van der Waals surface area contributed by atoms with E-state index in [1.54, 1.807) is 18.0 Å². The predicted molar refractivity (Wildman–Crippen MR) is 162 cm³/mol. The maximum atomic E-state index is 11.1. The largest absolute Gasteiger partial charge is 0.382 e. The normalized spacial score (nSPS) is 11.3. The monoisotopic (exact) mass is 676 g/mol. The maximum Gasteiger partial charge on any atom is 0.299 e. The lowest BCUT2D eigenvalue weighted by atomic mass is 10.2. The van der Waals surface area contributed by atoms with Crippen LogP contribution >= 0.6 is 0 Å². The Labute approximate surface area is 271 Å². The number of nitrogens with one attached hydrogen (secondary N) is 1. The van der Waals surface area contributed by atoms with Crippen molar-refractivity contribution in [1.82, 2.24) is 15.0 Å². The van der Waals surface area contributed by atoms with E-state index in [9.17, 15) is 20.2 Å². The van der Waals surface area contributed by atoms with Gasteiger partial charge in [0, 0.05) is 25.8 Å². The van der Waals surface area contributed by atoms with Gasteiger partial charge in [-0.1, -0.05) is 5.21 Å². The van der Waals surface area contributed by atoms with Gasteiger partial charge in [0.05, 0.1) is 108 Å². The van der Waals surface area contributed by atoms with Gasteiger partial charge in [0.1, 0.15) is 19.3 Å². The predicted octanol–water partition coefficient (Wildman–Crippen LogP) is 1.37. The third-order valence-electron chi connectivity index (χ3n) is 5.68. The SMILES string of the molecule is COCCOCCOCCOCCOCCOCCn1cc(COCOCOCOCCNc2c([N+](=O)[O-])cccc2[N+](=O)[O-])nn1. The number of ether oxygens (including phenoxy) is 10. The van der Waals surface area contributed by atoms with Gasteiger partial charge < -0.3 is 52.7 Å². The van der Waals surface area contributed by atoms with Crippen LogP contribution in [-0.2, 0) is 60.5 Å². The summed E-state index contributed by atoms with van der Waals surface area (Å²) in [5.41, 5.74) is -0.360. The minimum Gasteiger partial charge on any atom is -0.382 e. The van der Waals surface area contributed by atoms with Crippen LogP contribution in [-0.4, -0.2) is 138 Å². The molecular weight excluding hydrogens is 632 g/mol. The second-order valence-corrected chi connectivity index (χ2v) is 9.16. The molecule has 0 aliphatic carbocycles. The standard InChI is InChI=1S/C27H44N6O14/c1-38-9-10-40-13-14-42-17-18-43-16-15-41-12-11-39-8-6-31-19-24(29-30-31)20-45-22-47-23-46-21-44-7-5-28-27-25(32(34)35)3-2-4-26(27)33(36)37/h2-4,19,28H,5-18,20-23H2,1H3. The van der Waals surface area contributed by atoms with Crippen LogP contribution in [0.2, 0.25) is 0 Å². The summed E-state index contributed by atoms with van der Waals surface area (Å²) >= 11 is 0. The first-order chi connectivity index (χ1) is 23.0. The minimum atomic E-state index is -0.695. The average Bonchev–Trinajstić information content (AvgIpc) is 3.52. The van der Waals surface area contributed by atoms with E-state index in [2.05, 4.69) is 15.6 Å². The van der Waals surface area contributed by atoms with Crippen molar-refractivity contribution in [1.29, 1.82) is 0 Å². The molecular formula is C27H44N6O14. The van der Waals surface area contributed by atoms with E-state index in [1.807, 2.05) is 0 Å². The molecule has 2 rings (SSSR count). The number of anilines is 1. The van der Waals surface area contributed by atoms with Crippen molar-refractivity contribution < 1.29 is 57.2 Å². The number of hydrogen-bond donors (Lipinski definition) is 1. The molecule has 1 heterocycles. The molecule has 2 aromatic rings. The molecule has 266 valence electrons. The fraction of sp³-hybridized carbons (Fsp3) is 0.704. The third-order valence-corrected chi connectivity index (χ3v) is 5.68. The van der Waals surface area contributed by atoms with Gasteiger partial charge in [-0.2, -0.15) is 0 Å². The summed E-state index contributed by atoms with van der Waals surface area (Å²) < 4.78 is 54.6. The zero-order valence-corrected chi connectivity index (χ0v) is 26.5. The Morgan fingerprint density at radius 3 is 1.74 bits per heavy atom. The van der Waals surface area contributed by atoms with E-state index in [4.69, 9.17) is 47.4 Å². The van der Waals surface area contributed by atoms with E-state index in [0.29, 0.717) is 84.9 Å². The van der Waals surface area contributed by atoms with Crippen LogP contribution in [0, 0.1) is 20.2 Å². The van der Waals surface area contributed by atoms with Gasteiger partial charge >= 0.3 is 0 Å². The molecule has 20 heteroatoms. The van der Waals surface area contributed by atoms with Crippen molar-refractivity contribution in [2.75, 3.05) is 119 Å². The lowest BCUT2D eigenvalue weighted by molar-refractivity contribution is -0.392. The Kier molecular flexibility index (Phi) is 22.5. The van der Waals surface area contributed by atoms with Crippen molar-refractivity contribution in [3.63, 3.8) is 0 Å². The first-order valence-electron chi connectivity index (χ1n) is 14.8. The first-order valence-corrected chi connectivity index (χ1v) is 14.8. The van der Waals surface area contributed by atoms with Gasteiger partial charge in [-0.15, -0.1) is 5.10 Å². The smallest absolute Gasteiger partial charge is 0.299 e. The first kappa shape index (κ1) is 39.7. The average molecular weight is 677 g/mol. The second kappa shape index (κ2) is 26.6. The highest BCUT2D eigenvalue weighted by Crippen LogP contribution is 2.33. The summed E-state index contributed by atoms with van der Waals surface area (Å²) in [5.74, 6) is 0. The summed E-state index contributed by atoms with van der Waals surface area (Å²) in [6, 6.07) is 3.61. The van der Waals surface area contributed by atoms with Crippen LogP contribution in [0.4, 0.5) is 17.1 Å². The molecule has 0 atom stereocenters. The van der Waals surface area contributed by atoms with E-state index in [1.165, 1.54) is 18.2 Å². The Hall–Kier alpha value is -3.44. The van der Waals surface area contributed by atoms with Gasteiger partial charge in [0.15, 0.2) is 12.5 Å². The fourth-order valence-electron chi connectivity index (χ4n) is 3.51. The summed E-state index contributed by atoms with van der Waals surface area (Å²) in [7, 11) is 1.63. The molecule has 0 aliphatic heterocycles. The number of para-hydroxylation sites is 1. The molecule has 20 nitrogen and oxygen atoms in total. The molecule has 0 spiro atoms. The molecule has 0 fully saturated rings. The van der Waals surface area contributed by atoms with Crippen molar-refractivity contribution in [2.24, 2.45) is 0 Å². The van der Waals surface area contributed by atoms with Crippen LogP contribution in [0.15, 0.2) is 24.4 Å². The van der Waals surface area contributed by atoms with Crippen LogP contribution in [0.5, 0.6) is 0 Å². The van der Waals surface area contributed by atoms with Crippen LogP contribution in [0.1, 0.15) is 5.69 Å². The molecule has 0 radical (unpaired) electrons. The maximum absolute atomic E-state index is 11.1. The van der Waals surface area contributed by atoms with Crippen molar-refractivity contribution in [3.05, 3.63) is 50.3 Å². The Morgan fingerprint density at radius 2 is 1.19 bits per heavy atom. The zero-order valence-electron chi connectivity index (χ0n) is 26.5. The van der Waals surface area contributed by atoms with Gasteiger partial charge in [0.25, 0.3) is 11.4 Å². The molecule has 1 aromatic heterocycles. The van der Waals surface area contributed by atoms with Gasteiger partial charge in [-0.25, -0.2) is 4.68 Å². The number of hydrogen-bond acceptors (Lipinski definition) is 17. The topological polar surface area (TPSA) is 221 Å². The number of nitro groups is 2. The van der Waals surface area contributed by atoms with Gasteiger partial charge in [-0.3, -0.25) is 20.2 Å². The van der Waals surface area contributed by atoms with E-state index in [0.717, 1.165) is 0 Å². The summed E-state index contributed by atoms with van der Waals surface area (Å²) in [5, 5.41) is 33.0. The van der Waals surface area contributed by atoms with Crippen molar-refractivity contribution in [2.45, 2.75) is 13.2 Å². The number of nitro benzene ring substituents is 2. The van der Waals surface area contributed by atoms with Crippen molar-refractivity contribution >= 4 is 17.1 Å². The van der Waals surface area contributed by atoms with Crippen LogP contribution in [0.3, 0.4) is 0 Å². The lowest BCUT2D eigenvalue weighted by Crippen LogP contribution is -2.14. The number of nitrogens with zero attached hydrogens (tertiary/aromatic N) is 5. The van der Waals surface area contributed by atoms with Gasteiger partial charge in [0.2, 0.25) is 0 Å².